The van der Waals surface area contributed by atoms with Crippen LogP contribution in [0.4, 0.5) is 5.13 Å². The van der Waals surface area contributed by atoms with Gasteiger partial charge < -0.3 is 9.47 Å². The molecule has 0 radical (unpaired) electrons. The Labute approximate surface area is 154 Å². The van der Waals surface area contributed by atoms with E-state index in [0.717, 1.165) is 6.42 Å². The van der Waals surface area contributed by atoms with Crippen molar-refractivity contribution in [2.24, 2.45) is 0 Å². The number of hydrogen-bond acceptors (Lipinski definition) is 7. The molecule has 8 heteroatoms. The molecule has 1 aromatic heterocycles. The summed E-state index contributed by atoms with van der Waals surface area (Å²) < 4.78 is 10.6. The van der Waals surface area contributed by atoms with Crippen molar-refractivity contribution >= 4 is 28.3 Å². The number of aromatic nitrogens is 1. The molecule has 1 aliphatic heterocycles. The largest absolute Gasteiger partial charge is 0.490 e. The summed E-state index contributed by atoms with van der Waals surface area (Å²) in [6.45, 7) is 1.03. The van der Waals surface area contributed by atoms with Gasteiger partial charge in [0.05, 0.1) is 23.7 Å². The van der Waals surface area contributed by atoms with Crippen molar-refractivity contribution in [1.29, 1.82) is 5.26 Å². The van der Waals surface area contributed by atoms with E-state index in [9.17, 15) is 9.59 Å². The molecule has 3 rings (SSSR count). The zero-order valence-electron chi connectivity index (χ0n) is 14.0. The molecule has 0 atom stereocenters. The first kappa shape index (κ1) is 17.9. The van der Waals surface area contributed by atoms with E-state index >= 15 is 0 Å². The van der Waals surface area contributed by atoms with E-state index in [-0.39, 0.29) is 25.5 Å². The summed E-state index contributed by atoms with van der Waals surface area (Å²) in [6.07, 6.45) is 1.46. The molecule has 2 aromatic rings. The second-order valence-corrected chi connectivity index (χ2v) is 6.49. The fourth-order valence-corrected chi connectivity index (χ4v) is 3.36. The molecule has 1 aromatic carbocycles. The van der Waals surface area contributed by atoms with Crippen molar-refractivity contribution in [3.8, 4) is 11.8 Å². The van der Waals surface area contributed by atoms with Gasteiger partial charge in [-0.2, -0.15) is 5.26 Å². The van der Waals surface area contributed by atoms with Gasteiger partial charge in [0.15, 0.2) is 5.13 Å². The number of benzene rings is 1. The molecular formula is C18H17N3O4S. The summed E-state index contributed by atoms with van der Waals surface area (Å²) in [5.74, 6) is 0.297. The first-order valence-corrected chi connectivity index (χ1v) is 9.07. The Morgan fingerprint density at radius 1 is 1.31 bits per heavy atom. The number of rotatable bonds is 7. The summed E-state index contributed by atoms with van der Waals surface area (Å²) in [6, 6.07) is 8.73. The number of nitriles is 1. The van der Waals surface area contributed by atoms with E-state index in [1.54, 1.807) is 34.5 Å². The third-order valence-electron chi connectivity index (χ3n) is 3.77. The Kier molecular flexibility index (Phi) is 5.81. The molecule has 1 aliphatic rings. The number of nitrogens with zero attached hydrogens (tertiary/aromatic N) is 3. The maximum Gasteiger partial charge on any atom is 0.312 e. The second kappa shape index (κ2) is 8.45. The SMILES string of the molecule is N#Cc1ccc(OCCOC(=O)Cc2csc(N3CCCC3=O)n2)cc1. The van der Waals surface area contributed by atoms with Crippen molar-refractivity contribution < 1.29 is 19.1 Å². The number of esters is 1. The normalized spacial score (nSPS) is 13.5. The minimum atomic E-state index is -0.391. The van der Waals surface area contributed by atoms with Crippen molar-refractivity contribution in [2.45, 2.75) is 19.3 Å². The predicted molar refractivity (Wildman–Crippen MR) is 95.0 cm³/mol. The highest BCUT2D eigenvalue weighted by molar-refractivity contribution is 7.14. The predicted octanol–water partition coefficient (Wildman–Crippen LogP) is 2.31. The molecule has 0 spiro atoms. The standard InChI is InChI=1S/C18H17N3O4S/c19-11-13-3-5-15(6-4-13)24-8-9-25-17(23)10-14-12-26-18(20-14)21-7-1-2-16(21)22/h3-6,12H,1-2,7-10H2. The van der Waals surface area contributed by atoms with Crippen LogP contribution in [0, 0.1) is 11.3 Å². The van der Waals surface area contributed by atoms with E-state index in [4.69, 9.17) is 14.7 Å². The van der Waals surface area contributed by atoms with Crippen LogP contribution >= 0.6 is 11.3 Å². The van der Waals surface area contributed by atoms with Crippen LogP contribution in [-0.4, -0.2) is 36.6 Å². The molecule has 1 saturated heterocycles. The van der Waals surface area contributed by atoms with Crippen molar-refractivity contribution in [3.05, 3.63) is 40.9 Å². The molecule has 0 aliphatic carbocycles. The summed E-state index contributed by atoms with van der Waals surface area (Å²) in [4.78, 5) is 29.6. The number of thiazole rings is 1. The summed E-state index contributed by atoms with van der Waals surface area (Å²) in [7, 11) is 0. The molecule has 0 bridgehead atoms. The van der Waals surface area contributed by atoms with E-state index in [1.165, 1.54) is 11.3 Å². The lowest BCUT2D eigenvalue weighted by atomic mass is 10.2. The molecule has 0 unspecified atom stereocenters. The quantitative estimate of drug-likeness (QED) is 0.548. The second-order valence-electron chi connectivity index (χ2n) is 5.65. The van der Waals surface area contributed by atoms with Crippen LogP contribution in [0.25, 0.3) is 0 Å². The van der Waals surface area contributed by atoms with Gasteiger partial charge in [-0.15, -0.1) is 11.3 Å². The van der Waals surface area contributed by atoms with Crippen LogP contribution < -0.4 is 9.64 Å². The molecule has 7 nitrogen and oxygen atoms in total. The maximum absolute atomic E-state index is 11.9. The molecule has 2 heterocycles. The molecule has 26 heavy (non-hydrogen) atoms. The molecule has 1 amide bonds. The minimum absolute atomic E-state index is 0.0649. The molecule has 1 fully saturated rings. The third kappa shape index (κ3) is 4.58. The van der Waals surface area contributed by atoms with Crippen LogP contribution in [0.15, 0.2) is 29.6 Å². The van der Waals surface area contributed by atoms with E-state index in [1.807, 2.05) is 6.07 Å². The molecular weight excluding hydrogens is 354 g/mol. The number of carbonyl (C=O) groups excluding carboxylic acids is 2. The summed E-state index contributed by atoms with van der Waals surface area (Å²) >= 11 is 1.36. The highest BCUT2D eigenvalue weighted by Crippen LogP contribution is 2.25. The Bertz CT molecular complexity index is 826. The van der Waals surface area contributed by atoms with Gasteiger partial charge in [0.2, 0.25) is 5.91 Å². The first-order valence-electron chi connectivity index (χ1n) is 8.19. The topological polar surface area (TPSA) is 92.5 Å². The number of hydrogen-bond donors (Lipinski definition) is 0. The number of ether oxygens (including phenoxy) is 2. The highest BCUT2D eigenvalue weighted by Gasteiger charge is 2.24. The lowest BCUT2D eigenvalue weighted by Crippen LogP contribution is -2.23. The fourth-order valence-electron chi connectivity index (χ4n) is 2.49. The maximum atomic E-state index is 11.9. The van der Waals surface area contributed by atoms with Gasteiger partial charge in [-0.05, 0) is 30.7 Å². The molecule has 0 N–H and O–H groups in total. The van der Waals surface area contributed by atoms with Crippen molar-refractivity contribution in [1.82, 2.24) is 4.98 Å². The Hall–Kier alpha value is -2.92. The number of carbonyl (C=O) groups is 2. The van der Waals surface area contributed by atoms with E-state index in [0.29, 0.717) is 35.1 Å². The summed E-state index contributed by atoms with van der Waals surface area (Å²) in [5.41, 5.74) is 1.16. The molecule has 0 saturated carbocycles. The van der Waals surface area contributed by atoms with Gasteiger partial charge in [-0.1, -0.05) is 0 Å². The van der Waals surface area contributed by atoms with Gasteiger partial charge in [-0.25, -0.2) is 4.98 Å². The Morgan fingerprint density at radius 3 is 2.81 bits per heavy atom. The van der Waals surface area contributed by atoms with Crippen molar-refractivity contribution in [3.63, 3.8) is 0 Å². The van der Waals surface area contributed by atoms with Crippen LogP contribution in [0.1, 0.15) is 24.1 Å². The zero-order chi connectivity index (χ0) is 18.4. The lowest BCUT2D eigenvalue weighted by molar-refractivity contribution is -0.143. The van der Waals surface area contributed by atoms with E-state index in [2.05, 4.69) is 4.98 Å². The van der Waals surface area contributed by atoms with Crippen LogP contribution in [0.3, 0.4) is 0 Å². The van der Waals surface area contributed by atoms with Crippen molar-refractivity contribution in [2.75, 3.05) is 24.7 Å². The average molecular weight is 371 g/mol. The van der Waals surface area contributed by atoms with Gasteiger partial charge in [-0.3, -0.25) is 14.5 Å². The minimum Gasteiger partial charge on any atom is -0.490 e. The van der Waals surface area contributed by atoms with Crippen LogP contribution in [0.5, 0.6) is 5.75 Å². The van der Waals surface area contributed by atoms with E-state index < -0.39 is 5.97 Å². The third-order valence-corrected chi connectivity index (χ3v) is 4.68. The number of anilines is 1. The number of amides is 1. The first-order chi connectivity index (χ1) is 12.7. The molecule has 134 valence electrons. The highest BCUT2D eigenvalue weighted by atomic mass is 32.1. The Morgan fingerprint density at radius 2 is 2.12 bits per heavy atom. The van der Waals surface area contributed by atoms with Gasteiger partial charge in [0.1, 0.15) is 19.0 Å². The zero-order valence-corrected chi connectivity index (χ0v) is 14.8. The van der Waals surface area contributed by atoms with Crippen LogP contribution in [-0.2, 0) is 20.7 Å². The monoisotopic (exact) mass is 371 g/mol. The lowest BCUT2D eigenvalue weighted by Gasteiger charge is -2.10. The van der Waals surface area contributed by atoms with Crippen LogP contribution in [0.2, 0.25) is 0 Å². The van der Waals surface area contributed by atoms with Gasteiger partial charge >= 0.3 is 5.97 Å². The smallest absolute Gasteiger partial charge is 0.312 e. The fraction of sp³-hybridized carbons (Fsp3) is 0.333. The average Bonchev–Trinajstić information content (AvgIpc) is 3.28. The van der Waals surface area contributed by atoms with Gasteiger partial charge in [0, 0.05) is 18.3 Å². The summed E-state index contributed by atoms with van der Waals surface area (Å²) in [5, 5.41) is 11.1. The van der Waals surface area contributed by atoms with Gasteiger partial charge in [0.25, 0.3) is 0 Å². The Balaban J connectivity index is 1.39.